The lowest BCUT2D eigenvalue weighted by Crippen LogP contribution is -2.37. The minimum absolute atomic E-state index is 0.140. The van der Waals surface area contributed by atoms with Gasteiger partial charge in [-0.05, 0) is 42.0 Å². The van der Waals surface area contributed by atoms with Crippen LogP contribution in [0.5, 0.6) is 0 Å². The number of rotatable bonds is 6. The quantitative estimate of drug-likeness (QED) is 0.703. The molecule has 0 saturated carbocycles. The van der Waals surface area contributed by atoms with Crippen molar-refractivity contribution in [3.8, 4) is 11.4 Å². The minimum Gasteiger partial charge on any atom is -0.335 e. The predicted octanol–water partition coefficient (Wildman–Crippen LogP) is 1.88. The topological polar surface area (TPSA) is 93.0 Å². The molecular weight excluding hydrogens is 363 g/mol. The van der Waals surface area contributed by atoms with Gasteiger partial charge < -0.3 is 10.2 Å². The number of benzene rings is 2. The van der Waals surface area contributed by atoms with Crippen molar-refractivity contribution in [2.24, 2.45) is 0 Å². The number of amides is 2. The van der Waals surface area contributed by atoms with Crippen LogP contribution in [-0.2, 0) is 16.1 Å². The van der Waals surface area contributed by atoms with E-state index in [4.69, 9.17) is 0 Å². The summed E-state index contributed by atoms with van der Waals surface area (Å²) in [5, 5.41) is 14.7. The Morgan fingerprint density at radius 2 is 1.86 bits per heavy atom. The number of likely N-dealkylation sites (N-methyl/N-ethyl adjacent to an activating group) is 1. The van der Waals surface area contributed by atoms with Gasteiger partial charge in [0.15, 0.2) is 0 Å². The zero-order valence-electron chi connectivity index (χ0n) is 15.5. The number of aromatic nitrogens is 4. The van der Waals surface area contributed by atoms with E-state index < -0.39 is 11.7 Å². The minimum atomic E-state index is -0.394. The summed E-state index contributed by atoms with van der Waals surface area (Å²) >= 11 is 0. The van der Waals surface area contributed by atoms with Crippen LogP contribution in [0.3, 0.4) is 0 Å². The van der Waals surface area contributed by atoms with Gasteiger partial charge in [0.1, 0.15) is 12.4 Å². The van der Waals surface area contributed by atoms with E-state index in [-0.39, 0.29) is 19.0 Å². The molecule has 9 heteroatoms. The first-order valence-corrected chi connectivity index (χ1v) is 8.55. The number of anilines is 1. The molecule has 0 aliphatic heterocycles. The molecule has 3 aromatic rings. The molecule has 1 aromatic heterocycles. The molecule has 2 aromatic carbocycles. The molecule has 144 valence electrons. The molecule has 0 unspecified atom stereocenters. The number of nitrogens with one attached hydrogen (secondary N) is 1. The first-order valence-electron chi connectivity index (χ1n) is 8.55. The molecule has 0 saturated heterocycles. The fourth-order valence-electron chi connectivity index (χ4n) is 2.52. The third-order valence-corrected chi connectivity index (χ3v) is 4.05. The summed E-state index contributed by atoms with van der Waals surface area (Å²) in [6.45, 7) is 1.64. The largest absolute Gasteiger partial charge is 0.335 e. The van der Waals surface area contributed by atoms with Crippen molar-refractivity contribution >= 4 is 17.5 Å². The lowest BCUT2D eigenvalue weighted by atomic mass is 10.1. The predicted molar refractivity (Wildman–Crippen MR) is 101 cm³/mol. The van der Waals surface area contributed by atoms with Crippen molar-refractivity contribution in [1.29, 1.82) is 0 Å². The van der Waals surface area contributed by atoms with Gasteiger partial charge in [-0.1, -0.05) is 24.3 Å². The average molecular weight is 382 g/mol. The first kappa shape index (κ1) is 19.2. The molecule has 0 radical (unpaired) electrons. The Hall–Kier alpha value is -3.62. The smallest absolute Gasteiger partial charge is 0.246 e. The fourth-order valence-corrected chi connectivity index (χ4v) is 2.52. The number of tetrazole rings is 1. The summed E-state index contributed by atoms with van der Waals surface area (Å²) in [5.41, 5.74) is 2.30. The zero-order valence-corrected chi connectivity index (χ0v) is 15.5. The second-order valence-electron chi connectivity index (χ2n) is 6.26. The number of hydrogen-bond donors (Lipinski definition) is 1. The van der Waals surface area contributed by atoms with Gasteiger partial charge in [-0.2, -0.15) is 4.80 Å². The summed E-state index contributed by atoms with van der Waals surface area (Å²) < 4.78 is 12.9. The molecule has 1 N–H and O–H groups in total. The maximum Gasteiger partial charge on any atom is 0.246 e. The van der Waals surface area contributed by atoms with E-state index in [9.17, 15) is 14.0 Å². The normalized spacial score (nSPS) is 10.5. The van der Waals surface area contributed by atoms with Crippen LogP contribution in [0, 0.1) is 12.7 Å². The molecular formula is C19H19FN6O2. The van der Waals surface area contributed by atoms with Crippen molar-refractivity contribution in [3.63, 3.8) is 0 Å². The Bertz CT molecular complexity index is 986. The zero-order chi connectivity index (χ0) is 20.1. The lowest BCUT2D eigenvalue weighted by Gasteiger charge is -2.16. The molecule has 0 aliphatic rings. The highest BCUT2D eigenvalue weighted by atomic mass is 19.1. The summed E-state index contributed by atoms with van der Waals surface area (Å²) in [6, 6.07) is 13.0. The molecule has 0 fully saturated rings. The number of carbonyl (C=O) groups excluding carboxylic acids is 2. The van der Waals surface area contributed by atoms with Gasteiger partial charge >= 0.3 is 0 Å². The maximum atomic E-state index is 12.9. The second kappa shape index (κ2) is 8.38. The molecule has 8 nitrogen and oxygen atoms in total. The van der Waals surface area contributed by atoms with Crippen molar-refractivity contribution in [2.45, 2.75) is 13.5 Å². The molecule has 0 aliphatic carbocycles. The Kier molecular flexibility index (Phi) is 5.73. The van der Waals surface area contributed by atoms with Crippen molar-refractivity contribution in [1.82, 2.24) is 25.1 Å². The first-order chi connectivity index (χ1) is 13.4. The van der Waals surface area contributed by atoms with Crippen LogP contribution in [0.2, 0.25) is 0 Å². The highest BCUT2D eigenvalue weighted by Crippen LogP contribution is 2.17. The highest BCUT2D eigenvalue weighted by molar-refractivity contribution is 5.94. The number of hydrogen-bond acceptors (Lipinski definition) is 5. The summed E-state index contributed by atoms with van der Waals surface area (Å²) in [6.07, 6.45) is 0. The van der Waals surface area contributed by atoms with Crippen LogP contribution in [0.15, 0.2) is 48.5 Å². The standard InChI is InChI=1S/C19H19FN6O2/c1-13-5-3-4-6-16(13)19-22-24-26(23-19)12-18(28)25(2)11-17(27)21-15-9-7-14(20)8-10-15/h3-10H,11-12H2,1-2H3,(H,21,27). The Labute approximate surface area is 161 Å². The Balaban J connectivity index is 1.56. The number of aryl methyl sites for hydroxylation is 1. The maximum absolute atomic E-state index is 12.9. The van der Waals surface area contributed by atoms with Gasteiger partial charge in [0.25, 0.3) is 0 Å². The number of halogens is 1. The van der Waals surface area contributed by atoms with E-state index in [0.717, 1.165) is 11.1 Å². The van der Waals surface area contributed by atoms with E-state index in [2.05, 4.69) is 20.7 Å². The van der Waals surface area contributed by atoms with Crippen LogP contribution in [0.1, 0.15) is 5.56 Å². The van der Waals surface area contributed by atoms with Gasteiger partial charge in [-0.25, -0.2) is 4.39 Å². The van der Waals surface area contributed by atoms with Crippen LogP contribution in [-0.4, -0.2) is 50.5 Å². The summed E-state index contributed by atoms with van der Waals surface area (Å²) in [7, 11) is 1.51. The van der Waals surface area contributed by atoms with Crippen molar-refractivity contribution in [2.75, 3.05) is 18.9 Å². The third kappa shape index (κ3) is 4.76. The van der Waals surface area contributed by atoms with Gasteiger partial charge in [-0.3, -0.25) is 9.59 Å². The molecule has 28 heavy (non-hydrogen) atoms. The fraction of sp³-hybridized carbons (Fsp3) is 0.211. The van der Waals surface area contributed by atoms with Gasteiger partial charge in [0.2, 0.25) is 17.6 Å². The van der Waals surface area contributed by atoms with E-state index in [0.29, 0.717) is 11.5 Å². The van der Waals surface area contributed by atoms with Crippen LogP contribution in [0.4, 0.5) is 10.1 Å². The van der Waals surface area contributed by atoms with E-state index in [1.807, 2.05) is 31.2 Å². The molecule has 2 amide bonds. The van der Waals surface area contributed by atoms with Crippen LogP contribution >= 0.6 is 0 Å². The average Bonchev–Trinajstić information content (AvgIpc) is 3.12. The Morgan fingerprint density at radius 3 is 2.57 bits per heavy atom. The van der Waals surface area contributed by atoms with Crippen molar-refractivity contribution < 1.29 is 14.0 Å². The van der Waals surface area contributed by atoms with Crippen LogP contribution < -0.4 is 5.32 Å². The van der Waals surface area contributed by atoms with E-state index >= 15 is 0 Å². The molecule has 3 rings (SSSR count). The van der Waals surface area contributed by atoms with E-state index in [1.165, 1.54) is 41.0 Å². The Morgan fingerprint density at radius 1 is 1.14 bits per heavy atom. The number of nitrogens with zero attached hydrogens (tertiary/aromatic N) is 5. The van der Waals surface area contributed by atoms with Gasteiger partial charge in [0.05, 0.1) is 6.54 Å². The number of carbonyl (C=O) groups is 2. The third-order valence-electron chi connectivity index (χ3n) is 4.05. The van der Waals surface area contributed by atoms with E-state index in [1.54, 1.807) is 0 Å². The SMILES string of the molecule is Cc1ccccc1-c1nnn(CC(=O)N(C)CC(=O)Nc2ccc(F)cc2)n1. The molecule has 1 heterocycles. The van der Waals surface area contributed by atoms with Gasteiger partial charge in [-0.15, -0.1) is 10.2 Å². The molecule has 0 bridgehead atoms. The lowest BCUT2D eigenvalue weighted by molar-refractivity contribution is -0.134. The van der Waals surface area contributed by atoms with Crippen LogP contribution in [0.25, 0.3) is 11.4 Å². The summed E-state index contributed by atoms with van der Waals surface area (Å²) in [4.78, 5) is 26.8. The second-order valence-corrected chi connectivity index (χ2v) is 6.26. The molecule has 0 atom stereocenters. The van der Waals surface area contributed by atoms with Gasteiger partial charge in [0, 0.05) is 18.3 Å². The highest BCUT2D eigenvalue weighted by Gasteiger charge is 2.16. The molecule has 0 spiro atoms. The monoisotopic (exact) mass is 382 g/mol. The van der Waals surface area contributed by atoms with Crippen molar-refractivity contribution in [3.05, 3.63) is 59.9 Å². The summed E-state index contributed by atoms with van der Waals surface area (Å²) in [5.74, 6) is -0.698.